The molecule has 1 unspecified atom stereocenters. The molecule has 3 heteroatoms. The van der Waals surface area contributed by atoms with Gasteiger partial charge in [0, 0.05) is 18.5 Å². The van der Waals surface area contributed by atoms with Crippen LogP contribution in [0.3, 0.4) is 0 Å². The Kier molecular flexibility index (Phi) is 2.75. The third kappa shape index (κ3) is 2.17. The molecule has 1 amide bonds. The van der Waals surface area contributed by atoms with Gasteiger partial charge in [-0.2, -0.15) is 0 Å². The van der Waals surface area contributed by atoms with E-state index >= 15 is 0 Å². The van der Waals surface area contributed by atoms with Crippen molar-refractivity contribution >= 4 is 5.91 Å². The van der Waals surface area contributed by atoms with Crippen molar-refractivity contribution in [2.45, 2.75) is 26.2 Å². The minimum absolute atomic E-state index is 0.296. The minimum Gasteiger partial charge on any atom is -0.340 e. The van der Waals surface area contributed by atoms with Gasteiger partial charge in [-0.3, -0.25) is 4.79 Å². The van der Waals surface area contributed by atoms with E-state index in [-0.39, 0.29) is 0 Å². The number of carbonyl (C=O) groups excluding carboxylic acids is 1. The van der Waals surface area contributed by atoms with Gasteiger partial charge in [0.15, 0.2) is 0 Å². The molecule has 2 fully saturated rings. The van der Waals surface area contributed by atoms with Crippen molar-refractivity contribution < 1.29 is 4.79 Å². The molecule has 0 aromatic rings. The molecule has 2 aliphatic rings. The number of amides is 1. The van der Waals surface area contributed by atoms with Gasteiger partial charge in [-0.15, -0.1) is 0 Å². The van der Waals surface area contributed by atoms with Crippen LogP contribution in [0.2, 0.25) is 0 Å². The van der Waals surface area contributed by atoms with E-state index < -0.39 is 0 Å². The molecule has 0 N–H and O–H groups in total. The molecule has 1 aliphatic carbocycles. The minimum atomic E-state index is 0.296. The zero-order valence-corrected chi connectivity index (χ0v) is 10.1. The second kappa shape index (κ2) is 3.78. The van der Waals surface area contributed by atoms with E-state index in [1.165, 1.54) is 19.3 Å². The van der Waals surface area contributed by atoms with Crippen LogP contribution in [-0.2, 0) is 4.79 Å². The van der Waals surface area contributed by atoms with E-state index in [0.29, 0.717) is 17.9 Å². The number of likely N-dealkylation sites (tertiary alicyclic amines) is 1. The molecule has 1 saturated carbocycles. The van der Waals surface area contributed by atoms with Gasteiger partial charge < -0.3 is 9.80 Å². The first-order valence-electron chi connectivity index (χ1n) is 5.93. The van der Waals surface area contributed by atoms with E-state index in [1.54, 1.807) is 0 Å². The Hall–Kier alpha value is -0.570. The molecule has 1 heterocycles. The van der Waals surface area contributed by atoms with Crippen molar-refractivity contribution in [3.8, 4) is 0 Å². The summed E-state index contributed by atoms with van der Waals surface area (Å²) in [6.45, 7) is 4.93. The summed E-state index contributed by atoms with van der Waals surface area (Å²) in [6, 6.07) is 0. The monoisotopic (exact) mass is 210 g/mol. The van der Waals surface area contributed by atoms with Gasteiger partial charge in [-0.25, -0.2) is 0 Å². The lowest BCUT2D eigenvalue weighted by Crippen LogP contribution is -2.58. The molecule has 0 bridgehead atoms. The molecule has 15 heavy (non-hydrogen) atoms. The van der Waals surface area contributed by atoms with Crippen LogP contribution in [0.15, 0.2) is 0 Å². The van der Waals surface area contributed by atoms with Crippen LogP contribution in [0.25, 0.3) is 0 Å². The zero-order valence-electron chi connectivity index (χ0n) is 10.1. The van der Waals surface area contributed by atoms with E-state index in [9.17, 15) is 4.79 Å². The maximum absolute atomic E-state index is 11.7. The highest BCUT2D eigenvalue weighted by molar-refractivity contribution is 5.79. The second-order valence-electron chi connectivity index (χ2n) is 5.84. The number of nitrogens with zero attached hydrogens (tertiary/aromatic N) is 2. The Morgan fingerprint density at radius 1 is 1.47 bits per heavy atom. The van der Waals surface area contributed by atoms with Gasteiger partial charge in [0.1, 0.15) is 0 Å². The highest BCUT2D eigenvalue weighted by Gasteiger charge is 2.48. The topological polar surface area (TPSA) is 23.6 Å². The predicted octanol–water partition coefficient (Wildman–Crippen LogP) is 1.20. The van der Waals surface area contributed by atoms with Gasteiger partial charge in [0.05, 0.1) is 6.54 Å². The summed E-state index contributed by atoms with van der Waals surface area (Å²) >= 11 is 0. The zero-order chi connectivity index (χ0) is 11.1. The molecule has 1 aliphatic heterocycles. The maximum atomic E-state index is 11.7. The lowest BCUT2D eigenvalue weighted by atomic mass is 9.77. The molecule has 1 saturated heterocycles. The fourth-order valence-corrected chi connectivity index (χ4v) is 3.09. The quantitative estimate of drug-likeness (QED) is 0.683. The Bertz CT molecular complexity index is 256. The van der Waals surface area contributed by atoms with Crippen LogP contribution in [0, 0.1) is 11.3 Å². The van der Waals surface area contributed by atoms with Crippen molar-refractivity contribution in [2.75, 3.05) is 33.7 Å². The molecule has 0 aromatic heterocycles. The fraction of sp³-hybridized carbons (Fsp3) is 0.917. The van der Waals surface area contributed by atoms with Crippen molar-refractivity contribution in [3.63, 3.8) is 0 Å². The van der Waals surface area contributed by atoms with Gasteiger partial charge in [0.2, 0.25) is 5.91 Å². The lowest BCUT2D eigenvalue weighted by molar-refractivity contribution is -0.143. The van der Waals surface area contributed by atoms with Crippen molar-refractivity contribution in [3.05, 3.63) is 0 Å². The molecule has 1 atom stereocenters. The third-order valence-corrected chi connectivity index (χ3v) is 3.81. The molecular formula is C12H22N2O. The summed E-state index contributed by atoms with van der Waals surface area (Å²) in [5, 5.41) is 0. The van der Waals surface area contributed by atoms with Crippen LogP contribution < -0.4 is 0 Å². The van der Waals surface area contributed by atoms with Crippen LogP contribution in [-0.4, -0.2) is 49.4 Å². The second-order valence-corrected chi connectivity index (χ2v) is 5.84. The van der Waals surface area contributed by atoms with Crippen LogP contribution in [0.5, 0.6) is 0 Å². The normalized spacial score (nSPS) is 28.5. The number of hydrogen-bond acceptors (Lipinski definition) is 2. The summed E-state index contributed by atoms with van der Waals surface area (Å²) in [7, 11) is 3.90. The van der Waals surface area contributed by atoms with Crippen molar-refractivity contribution in [2.24, 2.45) is 11.3 Å². The van der Waals surface area contributed by atoms with Gasteiger partial charge >= 0.3 is 0 Å². The number of rotatable bonds is 2. The van der Waals surface area contributed by atoms with E-state index in [2.05, 4.69) is 6.92 Å². The standard InChI is InChI=1S/C12H22N2O/c1-10-4-5-12(6-10)8-14(9-12)11(15)7-13(2)3/h10H,4-9H2,1-3H3. The van der Waals surface area contributed by atoms with E-state index in [0.717, 1.165) is 19.0 Å². The first-order chi connectivity index (χ1) is 7.01. The Labute approximate surface area is 92.4 Å². The van der Waals surface area contributed by atoms with Crippen molar-refractivity contribution in [1.29, 1.82) is 0 Å². The summed E-state index contributed by atoms with van der Waals surface area (Å²) in [6.07, 6.45) is 4.02. The third-order valence-electron chi connectivity index (χ3n) is 3.81. The highest BCUT2D eigenvalue weighted by atomic mass is 16.2. The Morgan fingerprint density at radius 3 is 2.60 bits per heavy atom. The first kappa shape index (κ1) is 10.9. The van der Waals surface area contributed by atoms with E-state index in [1.807, 2.05) is 23.9 Å². The fourth-order valence-electron chi connectivity index (χ4n) is 3.09. The SMILES string of the molecule is CC1CCC2(C1)CN(C(=O)CN(C)C)C2. The number of hydrogen-bond donors (Lipinski definition) is 0. The van der Waals surface area contributed by atoms with Crippen molar-refractivity contribution in [1.82, 2.24) is 9.80 Å². The summed E-state index contributed by atoms with van der Waals surface area (Å²) < 4.78 is 0. The van der Waals surface area contributed by atoms with E-state index in [4.69, 9.17) is 0 Å². The average Bonchev–Trinajstić information content (AvgIpc) is 2.43. The predicted molar refractivity (Wildman–Crippen MR) is 60.6 cm³/mol. The maximum Gasteiger partial charge on any atom is 0.236 e. The number of likely N-dealkylation sites (N-methyl/N-ethyl adjacent to an activating group) is 1. The molecule has 3 nitrogen and oxygen atoms in total. The van der Waals surface area contributed by atoms with Gasteiger partial charge in [-0.1, -0.05) is 13.3 Å². The highest BCUT2D eigenvalue weighted by Crippen LogP contribution is 2.47. The Balaban J connectivity index is 1.80. The molecule has 0 radical (unpaired) electrons. The lowest BCUT2D eigenvalue weighted by Gasteiger charge is -2.48. The summed E-state index contributed by atoms with van der Waals surface area (Å²) in [5.74, 6) is 1.17. The van der Waals surface area contributed by atoms with Crippen LogP contribution in [0.4, 0.5) is 0 Å². The van der Waals surface area contributed by atoms with Crippen LogP contribution in [0.1, 0.15) is 26.2 Å². The number of carbonyl (C=O) groups is 1. The largest absolute Gasteiger partial charge is 0.340 e. The molecule has 0 aromatic carbocycles. The Morgan fingerprint density at radius 2 is 2.13 bits per heavy atom. The smallest absolute Gasteiger partial charge is 0.236 e. The summed E-state index contributed by atoms with van der Waals surface area (Å²) in [5.41, 5.74) is 0.515. The van der Waals surface area contributed by atoms with Gasteiger partial charge in [-0.05, 0) is 32.9 Å². The molecular weight excluding hydrogens is 188 g/mol. The van der Waals surface area contributed by atoms with Crippen LogP contribution >= 0.6 is 0 Å². The summed E-state index contributed by atoms with van der Waals surface area (Å²) in [4.78, 5) is 15.7. The average molecular weight is 210 g/mol. The first-order valence-corrected chi connectivity index (χ1v) is 5.93. The molecule has 1 spiro atoms. The molecule has 2 rings (SSSR count). The molecule has 86 valence electrons. The van der Waals surface area contributed by atoms with Gasteiger partial charge in [0.25, 0.3) is 0 Å².